The zero-order valence-corrected chi connectivity index (χ0v) is 15.7. The molecule has 1 heterocycles. The van der Waals surface area contributed by atoms with E-state index in [0.717, 1.165) is 16.9 Å². The van der Waals surface area contributed by atoms with Gasteiger partial charge in [0.25, 0.3) is 0 Å². The minimum absolute atomic E-state index is 0.0892. The van der Waals surface area contributed by atoms with Crippen LogP contribution in [-0.2, 0) is 24.5 Å². The van der Waals surface area contributed by atoms with Crippen molar-refractivity contribution in [3.8, 4) is 5.75 Å². The number of ether oxygens (including phenoxy) is 1. The van der Waals surface area contributed by atoms with Crippen LogP contribution < -0.4 is 15.8 Å². The van der Waals surface area contributed by atoms with Gasteiger partial charge >= 0.3 is 5.76 Å². The molecule has 4 rings (SSSR count). The largest absolute Gasteiger partial charge is 0.489 e. The van der Waals surface area contributed by atoms with Crippen molar-refractivity contribution in [2.45, 2.75) is 19.7 Å². The van der Waals surface area contributed by atoms with E-state index in [-0.39, 0.29) is 12.5 Å². The van der Waals surface area contributed by atoms with Gasteiger partial charge in [-0.15, -0.1) is 0 Å². The molecule has 0 radical (unpaired) electrons. The average molecular weight is 388 g/mol. The molecule has 0 saturated heterocycles. The second kappa shape index (κ2) is 8.48. The summed E-state index contributed by atoms with van der Waals surface area (Å²) in [6, 6.07) is 24.5. The zero-order chi connectivity index (χ0) is 20.1. The lowest BCUT2D eigenvalue weighted by Gasteiger charge is -2.09. The summed E-state index contributed by atoms with van der Waals surface area (Å²) in [6.07, 6.45) is 0. The normalized spacial score (nSPS) is 10.8. The van der Waals surface area contributed by atoms with Crippen LogP contribution in [0.5, 0.6) is 5.75 Å². The summed E-state index contributed by atoms with van der Waals surface area (Å²) < 4.78 is 12.2. The van der Waals surface area contributed by atoms with Gasteiger partial charge in [0, 0.05) is 6.54 Å². The molecule has 0 spiro atoms. The van der Waals surface area contributed by atoms with Crippen molar-refractivity contribution in [2.24, 2.45) is 0 Å². The highest BCUT2D eigenvalue weighted by atomic mass is 16.5. The predicted molar refractivity (Wildman–Crippen MR) is 110 cm³/mol. The van der Waals surface area contributed by atoms with Crippen molar-refractivity contribution in [3.05, 3.63) is 101 Å². The maximum Gasteiger partial charge on any atom is 0.420 e. The van der Waals surface area contributed by atoms with Crippen LogP contribution in [0.2, 0.25) is 0 Å². The van der Waals surface area contributed by atoms with Crippen molar-refractivity contribution in [3.63, 3.8) is 0 Å². The molecule has 0 aliphatic heterocycles. The average Bonchev–Trinajstić information content (AvgIpc) is 3.07. The first-order valence-corrected chi connectivity index (χ1v) is 9.30. The van der Waals surface area contributed by atoms with Crippen LogP contribution in [0.25, 0.3) is 11.1 Å². The predicted octanol–water partition coefficient (Wildman–Crippen LogP) is 3.49. The number of fused-ring (bicyclic) bond motifs is 1. The fraction of sp³-hybridized carbons (Fsp3) is 0.130. The van der Waals surface area contributed by atoms with E-state index < -0.39 is 5.76 Å². The smallest absolute Gasteiger partial charge is 0.420 e. The molecule has 4 aromatic rings. The summed E-state index contributed by atoms with van der Waals surface area (Å²) in [5.41, 5.74) is 3.12. The van der Waals surface area contributed by atoms with Gasteiger partial charge in [-0.05, 0) is 35.4 Å². The molecule has 1 N–H and O–H groups in total. The third kappa shape index (κ3) is 4.55. The minimum atomic E-state index is -0.540. The van der Waals surface area contributed by atoms with Crippen LogP contribution in [0.3, 0.4) is 0 Å². The van der Waals surface area contributed by atoms with Gasteiger partial charge in [0.05, 0.1) is 5.52 Å². The lowest BCUT2D eigenvalue weighted by Crippen LogP contribution is -2.30. The number of amides is 1. The van der Waals surface area contributed by atoms with Gasteiger partial charge in [-0.1, -0.05) is 54.6 Å². The molecule has 6 nitrogen and oxygen atoms in total. The number of carbonyl (C=O) groups is 1. The van der Waals surface area contributed by atoms with Gasteiger partial charge in [0.1, 0.15) is 18.9 Å². The Kier molecular flexibility index (Phi) is 5.42. The number of oxazole rings is 1. The Bertz CT molecular complexity index is 1160. The lowest BCUT2D eigenvalue weighted by molar-refractivity contribution is -0.121. The number of nitrogens with one attached hydrogen (secondary N) is 1. The molecule has 1 amide bonds. The van der Waals surface area contributed by atoms with Gasteiger partial charge in [-0.3, -0.25) is 9.36 Å². The third-order valence-corrected chi connectivity index (χ3v) is 4.54. The first-order chi connectivity index (χ1) is 14.2. The van der Waals surface area contributed by atoms with Crippen LogP contribution in [0.4, 0.5) is 0 Å². The number of carbonyl (C=O) groups excluding carboxylic acids is 1. The van der Waals surface area contributed by atoms with Crippen molar-refractivity contribution in [2.75, 3.05) is 0 Å². The van der Waals surface area contributed by atoms with E-state index in [0.29, 0.717) is 24.3 Å². The number of para-hydroxylation sites is 2. The number of hydrogen-bond donors (Lipinski definition) is 1. The molecule has 0 aliphatic rings. The van der Waals surface area contributed by atoms with Crippen molar-refractivity contribution in [1.29, 1.82) is 0 Å². The monoisotopic (exact) mass is 388 g/mol. The zero-order valence-electron chi connectivity index (χ0n) is 15.7. The highest BCUT2D eigenvalue weighted by Gasteiger charge is 2.12. The van der Waals surface area contributed by atoms with E-state index in [4.69, 9.17) is 9.15 Å². The molecule has 0 atom stereocenters. The molecule has 0 saturated carbocycles. The summed E-state index contributed by atoms with van der Waals surface area (Å²) >= 11 is 0. The summed E-state index contributed by atoms with van der Waals surface area (Å²) in [6.45, 7) is 0.779. The molecular weight excluding hydrogens is 368 g/mol. The summed E-state index contributed by atoms with van der Waals surface area (Å²) in [7, 11) is 0. The summed E-state index contributed by atoms with van der Waals surface area (Å²) in [4.78, 5) is 24.2. The van der Waals surface area contributed by atoms with Crippen LogP contribution >= 0.6 is 0 Å². The first kappa shape index (κ1) is 18.6. The Morgan fingerprint density at radius 3 is 2.41 bits per heavy atom. The second-order valence-electron chi connectivity index (χ2n) is 6.62. The van der Waals surface area contributed by atoms with Gasteiger partial charge in [-0.25, -0.2) is 4.79 Å². The topological polar surface area (TPSA) is 73.5 Å². The summed E-state index contributed by atoms with van der Waals surface area (Å²) in [5, 5.41) is 2.83. The number of benzene rings is 3. The Morgan fingerprint density at radius 2 is 1.62 bits per heavy atom. The van der Waals surface area contributed by atoms with E-state index >= 15 is 0 Å². The Morgan fingerprint density at radius 1 is 0.897 bits per heavy atom. The maximum atomic E-state index is 12.3. The van der Waals surface area contributed by atoms with Gasteiger partial charge in [0.2, 0.25) is 5.91 Å². The van der Waals surface area contributed by atoms with Crippen molar-refractivity contribution < 1.29 is 13.9 Å². The van der Waals surface area contributed by atoms with E-state index in [1.165, 1.54) is 4.57 Å². The SMILES string of the molecule is O=C(Cn1c(=O)oc2ccccc21)NCc1ccc(OCc2ccccc2)cc1. The molecule has 6 heteroatoms. The number of hydrogen-bond acceptors (Lipinski definition) is 4. The molecule has 3 aromatic carbocycles. The van der Waals surface area contributed by atoms with Crippen LogP contribution in [0.1, 0.15) is 11.1 Å². The van der Waals surface area contributed by atoms with Crippen molar-refractivity contribution >= 4 is 17.0 Å². The Balaban J connectivity index is 1.31. The number of rotatable bonds is 7. The Labute approximate surface area is 167 Å². The fourth-order valence-electron chi connectivity index (χ4n) is 3.01. The summed E-state index contributed by atoms with van der Waals surface area (Å²) in [5.74, 6) is -0.0373. The number of aromatic nitrogens is 1. The Hall–Kier alpha value is -3.80. The van der Waals surface area contributed by atoms with Crippen LogP contribution in [0.15, 0.2) is 88.1 Å². The molecule has 0 bridgehead atoms. The lowest BCUT2D eigenvalue weighted by atomic mass is 10.2. The van der Waals surface area contributed by atoms with Gasteiger partial charge in [0.15, 0.2) is 5.58 Å². The fourth-order valence-corrected chi connectivity index (χ4v) is 3.01. The molecule has 1 aromatic heterocycles. The van der Waals surface area contributed by atoms with Gasteiger partial charge in [-0.2, -0.15) is 0 Å². The van der Waals surface area contributed by atoms with E-state index in [2.05, 4.69) is 5.32 Å². The minimum Gasteiger partial charge on any atom is -0.489 e. The van der Waals surface area contributed by atoms with Crippen LogP contribution in [0, 0.1) is 0 Å². The highest BCUT2D eigenvalue weighted by Crippen LogP contribution is 2.14. The van der Waals surface area contributed by atoms with E-state index in [1.54, 1.807) is 24.3 Å². The molecule has 29 heavy (non-hydrogen) atoms. The first-order valence-electron chi connectivity index (χ1n) is 9.30. The van der Waals surface area contributed by atoms with Crippen LogP contribution in [-0.4, -0.2) is 10.5 Å². The maximum absolute atomic E-state index is 12.3. The molecular formula is C23H20N2O4. The third-order valence-electron chi connectivity index (χ3n) is 4.54. The molecule has 0 aliphatic carbocycles. The van der Waals surface area contributed by atoms with Gasteiger partial charge < -0.3 is 14.5 Å². The van der Waals surface area contributed by atoms with E-state index in [9.17, 15) is 9.59 Å². The van der Waals surface area contributed by atoms with Crippen molar-refractivity contribution in [1.82, 2.24) is 9.88 Å². The standard InChI is InChI=1S/C23H20N2O4/c26-22(15-25-20-8-4-5-9-21(20)29-23(25)27)24-14-17-10-12-19(13-11-17)28-16-18-6-2-1-3-7-18/h1-13H,14-16H2,(H,24,26). The molecule has 0 fully saturated rings. The quantitative estimate of drug-likeness (QED) is 0.526. The van der Waals surface area contributed by atoms with E-state index in [1.807, 2.05) is 54.6 Å². The molecule has 146 valence electrons. The number of nitrogens with zero attached hydrogens (tertiary/aromatic N) is 1. The molecule has 0 unspecified atom stereocenters. The highest BCUT2D eigenvalue weighted by molar-refractivity contribution is 5.79. The second-order valence-corrected chi connectivity index (χ2v) is 6.62.